The number of nitrogens with zero attached hydrogens (tertiary/aromatic N) is 1. The van der Waals surface area contributed by atoms with Crippen LogP contribution in [0.3, 0.4) is 0 Å². The molecule has 0 atom stereocenters. The molecule has 0 bridgehead atoms. The van der Waals surface area contributed by atoms with Crippen LogP contribution in [0.4, 0.5) is 10.1 Å². The molecule has 0 aliphatic carbocycles. The maximum Gasteiger partial charge on any atom is 0.261 e. The third-order valence-corrected chi connectivity index (χ3v) is 5.06. The minimum absolute atomic E-state index is 0.0217. The zero-order valence-electron chi connectivity index (χ0n) is 14.2. The smallest absolute Gasteiger partial charge is 0.261 e. The molecule has 0 fully saturated rings. The van der Waals surface area contributed by atoms with E-state index in [0.717, 1.165) is 12.8 Å². The van der Waals surface area contributed by atoms with Crippen LogP contribution in [-0.4, -0.2) is 32.8 Å². The average Bonchev–Trinajstić information content (AvgIpc) is 2.61. The van der Waals surface area contributed by atoms with Crippen molar-refractivity contribution in [2.45, 2.75) is 24.7 Å². The van der Waals surface area contributed by atoms with Gasteiger partial charge in [-0.15, -0.1) is 0 Å². The topological polar surface area (TPSA) is 66.5 Å². The van der Waals surface area contributed by atoms with Gasteiger partial charge >= 0.3 is 0 Å². The number of halogens is 1. The Hall–Kier alpha value is -2.41. The lowest BCUT2D eigenvalue weighted by atomic mass is 10.2. The summed E-state index contributed by atoms with van der Waals surface area (Å²) in [6.45, 7) is 2.65. The second-order valence-corrected chi connectivity index (χ2v) is 7.40. The summed E-state index contributed by atoms with van der Waals surface area (Å²) >= 11 is 0. The quantitative estimate of drug-likeness (QED) is 0.818. The minimum atomic E-state index is -3.87. The summed E-state index contributed by atoms with van der Waals surface area (Å²) in [6, 6.07) is 10.9. The van der Waals surface area contributed by atoms with E-state index in [2.05, 4.69) is 4.72 Å². The average molecular weight is 364 g/mol. The molecule has 0 aliphatic rings. The molecule has 2 aromatic rings. The number of amides is 1. The second kappa shape index (κ2) is 8.11. The van der Waals surface area contributed by atoms with E-state index in [4.69, 9.17) is 0 Å². The highest BCUT2D eigenvalue weighted by Gasteiger charge is 2.18. The third-order valence-electron chi connectivity index (χ3n) is 3.68. The van der Waals surface area contributed by atoms with Gasteiger partial charge in [-0.2, -0.15) is 0 Å². The maximum absolute atomic E-state index is 12.9. The summed E-state index contributed by atoms with van der Waals surface area (Å²) < 4.78 is 40.2. The highest BCUT2D eigenvalue weighted by Crippen LogP contribution is 2.18. The van der Waals surface area contributed by atoms with Crippen molar-refractivity contribution in [1.82, 2.24) is 4.90 Å². The number of unbranched alkanes of at least 4 members (excludes halogenated alkanes) is 1. The number of rotatable bonds is 7. The summed E-state index contributed by atoms with van der Waals surface area (Å²) in [5, 5.41) is 0. The molecular weight excluding hydrogens is 343 g/mol. The first-order chi connectivity index (χ1) is 11.8. The molecule has 1 N–H and O–H groups in total. The molecule has 134 valence electrons. The van der Waals surface area contributed by atoms with Gasteiger partial charge in [0.2, 0.25) is 0 Å². The van der Waals surface area contributed by atoms with Gasteiger partial charge in [0.15, 0.2) is 0 Å². The fraction of sp³-hybridized carbons (Fsp3) is 0.278. The molecule has 0 saturated heterocycles. The number of carbonyl (C=O) groups is 1. The van der Waals surface area contributed by atoms with Crippen molar-refractivity contribution < 1.29 is 17.6 Å². The Bertz CT molecular complexity index is 836. The molecule has 0 heterocycles. The van der Waals surface area contributed by atoms with Crippen LogP contribution >= 0.6 is 0 Å². The summed E-state index contributed by atoms with van der Waals surface area (Å²) in [5.74, 6) is -0.682. The van der Waals surface area contributed by atoms with Crippen molar-refractivity contribution in [3.63, 3.8) is 0 Å². The summed E-state index contributed by atoms with van der Waals surface area (Å²) in [6.07, 6.45) is 1.85. The summed E-state index contributed by atoms with van der Waals surface area (Å²) in [7, 11) is -2.18. The van der Waals surface area contributed by atoms with Crippen LogP contribution in [0.25, 0.3) is 0 Å². The van der Waals surface area contributed by atoms with Crippen LogP contribution in [0.1, 0.15) is 30.1 Å². The molecule has 2 aromatic carbocycles. The predicted octanol–water partition coefficient (Wildman–Crippen LogP) is 3.50. The first-order valence-electron chi connectivity index (χ1n) is 7.97. The summed E-state index contributed by atoms with van der Waals surface area (Å²) in [5.41, 5.74) is 0.554. The number of nitrogens with one attached hydrogen (secondary N) is 1. The lowest BCUT2D eigenvalue weighted by Gasteiger charge is -2.17. The zero-order valence-corrected chi connectivity index (χ0v) is 15.0. The van der Waals surface area contributed by atoms with Crippen molar-refractivity contribution in [1.29, 1.82) is 0 Å². The van der Waals surface area contributed by atoms with Gasteiger partial charge in [-0.3, -0.25) is 9.52 Å². The maximum atomic E-state index is 12.9. The van der Waals surface area contributed by atoms with E-state index >= 15 is 0 Å². The highest BCUT2D eigenvalue weighted by atomic mass is 32.2. The van der Waals surface area contributed by atoms with Gasteiger partial charge < -0.3 is 4.90 Å². The number of anilines is 1. The largest absolute Gasteiger partial charge is 0.342 e. The van der Waals surface area contributed by atoms with Gasteiger partial charge in [0.1, 0.15) is 5.82 Å². The van der Waals surface area contributed by atoms with E-state index in [-0.39, 0.29) is 16.5 Å². The van der Waals surface area contributed by atoms with Crippen LogP contribution in [0, 0.1) is 5.82 Å². The number of sulfonamides is 1. The van der Waals surface area contributed by atoms with Gasteiger partial charge in [-0.25, -0.2) is 12.8 Å². The minimum Gasteiger partial charge on any atom is -0.342 e. The van der Waals surface area contributed by atoms with Gasteiger partial charge in [0.25, 0.3) is 15.9 Å². The van der Waals surface area contributed by atoms with Crippen molar-refractivity contribution in [2.75, 3.05) is 18.3 Å². The Morgan fingerprint density at radius 3 is 2.48 bits per heavy atom. The number of carbonyl (C=O) groups excluding carboxylic acids is 1. The lowest BCUT2D eigenvalue weighted by molar-refractivity contribution is 0.0793. The van der Waals surface area contributed by atoms with Crippen molar-refractivity contribution >= 4 is 21.6 Å². The molecule has 0 spiro atoms. The van der Waals surface area contributed by atoms with Gasteiger partial charge in [-0.1, -0.05) is 19.4 Å². The van der Waals surface area contributed by atoms with E-state index in [0.29, 0.717) is 12.1 Å². The molecule has 2 rings (SSSR count). The highest BCUT2D eigenvalue weighted by molar-refractivity contribution is 7.92. The predicted molar refractivity (Wildman–Crippen MR) is 95.5 cm³/mol. The first kappa shape index (κ1) is 18.9. The molecule has 0 radical (unpaired) electrons. The molecule has 1 amide bonds. The van der Waals surface area contributed by atoms with E-state index in [1.807, 2.05) is 6.92 Å². The zero-order chi connectivity index (χ0) is 18.4. The van der Waals surface area contributed by atoms with E-state index in [1.54, 1.807) is 18.0 Å². The monoisotopic (exact) mass is 364 g/mol. The van der Waals surface area contributed by atoms with Crippen LogP contribution in [-0.2, 0) is 10.0 Å². The second-order valence-electron chi connectivity index (χ2n) is 5.72. The van der Waals surface area contributed by atoms with Crippen molar-refractivity contribution in [2.24, 2.45) is 0 Å². The molecule has 0 aliphatic heterocycles. The van der Waals surface area contributed by atoms with Crippen LogP contribution < -0.4 is 4.72 Å². The molecule has 5 nitrogen and oxygen atoms in total. The fourth-order valence-electron chi connectivity index (χ4n) is 2.25. The van der Waals surface area contributed by atoms with Gasteiger partial charge in [0.05, 0.1) is 4.90 Å². The molecule has 0 unspecified atom stereocenters. The Morgan fingerprint density at radius 2 is 1.84 bits per heavy atom. The number of hydrogen-bond donors (Lipinski definition) is 1. The van der Waals surface area contributed by atoms with E-state index in [9.17, 15) is 17.6 Å². The van der Waals surface area contributed by atoms with Crippen LogP contribution in [0.2, 0.25) is 0 Å². The lowest BCUT2D eigenvalue weighted by Crippen LogP contribution is -2.27. The fourth-order valence-corrected chi connectivity index (χ4v) is 3.35. The molecule has 0 aromatic heterocycles. The third kappa shape index (κ3) is 5.03. The Balaban J connectivity index is 2.21. The van der Waals surface area contributed by atoms with Gasteiger partial charge in [0, 0.05) is 24.8 Å². The van der Waals surface area contributed by atoms with Crippen LogP contribution in [0.5, 0.6) is 0 Å². The normalized spacial score (nSPS) is 11.2. The van der Waals surface area contributed by atoms with Crippen molar-refractivity contribution in [3.05, 3.63) is 59.9 Å². The Kier molecular flexibility index (Phi) is 6.14. The Morgan fingerprint density at radius 1 is 1.16 bits per heavy atom. The van der Waals surface area contributed by atoms with E-state index < -0.39 is 15.8 Å². The first-order valence-corrected chi connectivity index (χ1v) is 9.45. The standard InChI is InChI=1S/C18H21FN2O3S/c1-3-4-12-21(2)18(22)14-6-5-7-17(13-14)25(23,24)20-16-10-8-15(19)9-11-16/h5-11,13,20H,3-4,12H2,1-2H3. The van der Waals surface area contributed by atoms with Crippen LogP contribution in [0.15, 0.2) is 53.4 Å². The molecular formula is C18H21FN2O3S. The number of benzene rings is 2. The molecule has 7 heteroatoms. The Labute approximate surface area is 147 Å². The SMILES string of the molecule is CCCCN(C)C(=O)c1cccc(S(=O)(=O)Nc2ccc(F)cc2)c1. The van der Waals surface area contributed by atoms with Crippen molar-refractivity contribution in [3.8, 4) is 0 Å². The van der Waals surface area contributed by atoms with Gasteiger partial charge in [-0.05, 0) is 48.9 Å². The molecule has 25 heavy (non-hydrogen) atoms. The summed E-state index contributed by atoms with van der Waals surface area (Å²) in [4.78, 5) is 13.9. The molecule has 0 saturated carbocycles. The van der Waals surface area contributed by atoms with E-state index in [1.165, 1.54) is 42.5 Å². The number of hydrogen-bond acceptors (Lipinski definition) is 3.